The number of hydrogen-bond acceptors (Lipinski definition) is 2. The number of hydrogen-bond donors (Lipinski definition) is 0. The van der Waals surface area contributed by atoms with Crippen LogP contribution in [-0.4, -0.2) is 19.3 Å². The molecule has 0 aliphatic carbocycles. The predicted molar refractivity (Wildman–Crippen MR) is 141 cm³/mol. The van der Waals surface area contributed by atoms with E-state index in [1.807, 2.05) is 0 Å². The van der Waals surface area contributed by atoms with Crippen molar-refractivity contribution >= 4 is 30.3 Å². The summed E-state index contributed by atoms with van der Waals surface area (Å²) in [6.45, 7) is 13.4. The molecule has 7 heteroatoms. The Hall–Kier alpha value is -1.88. The summed E-state index contributed by atoms with van der Waals surface area (Å²) in [5, 5.41) is 0. The zero-order valence-corrected chi connectivity index (χ0v) is 23.7. The van der Waals surface area contributed by atoms with Crippen LogP contribution in [0.1, 0.15) is 76.7 Å². The average molecular weight is 565 g/mol. The summed E-state index contributed by atoms with van der Waals surface area (Å²) in [6, 6.07) is 4.91. The maximum atomic E-state index is 15.0. The minimum absolute atomic E-state index is 0.112. The number of halogens is 4. The van der Waals surface area contributed by atoms with E-state index in [9.17, 15) is 13.6 Å². The van der Waals surface area contributed by atoms with E-state index in [2.05, 4.69) is 68.9 Å². The van der Waals surface area contributed by atoms with Gasteiger partial charge in [-0.1, -0.05) is 57.5 Å². The molecule has 2 unspecified atom stereocenters. The Morgan fingerprint density at radius 3 is 2.23 bits per heavy atom. The standard InChI is InChI=1S/C28H33BrF3NOSi/c1-17(2)35(18(3)4,19(5)6)11-7-8-27(23-14-21(30)9-10-25(23)31)33-15-24-22(28(33)16-34)12-20(29)13-26(24)32/h9-10,12-14,16-19,27-28H,8,15H2,1-6H3. The minimum atomic E-state index is -2.05. The summed E-state index contributed by atoms with van der Waals surface area (Å²) in [5.41, 5.74) is 5.97. The van der Waals surface area contributed by atoms with Crippen molar-refractivity contribution in [1.29, 1.82) is 0 Å². The van der Waals surface area contributed by atoms with E-state index >= 15 is 4.39 Å². The Morgan fingerprint density at radius 2 is 1.66 bits per heavy atom. The topological polar surface area (TPSA) is 20.3 Å². The lowest BCUT2D eigenvalue weighted by Gasteiger charge is -2.38. The fraction of sp³-hybridized carbons (Fsp3) is 0.464. The van der Waals surface area contributed by atoms with Crippen molar-refractivity contribution in [2.75, 3.05) is 0 Å². The Morgan fingerprint density at radius 1 is 1.03 bits per heavy atom. The second kappa shape index (κ2) is 11.0. The Kier molecular flexibility index (Phi) is 8.72. The van der Waals surface area contributed by atoms with Gasteiger partial charge in [-0.15, -0.1) is 11.5 Å². The molecule has 0 N–H and O–H groups in total. The van der Waals surface area contributed by atoms with Gasteiger partial charge in [-0.25, -0.2) is 13.2 Å². The first-order valence-electron chi connectivity index (χ1n) is 12.1. The molecule has 0 bridgehead atoms. The van der Waals surface area contributed by atoms with E-state index in [1.165, 1.54) is 6.07 Å². The van der Waals surface area contributed by atoms with Gasteiger partial charge in [0, 0.05) is 28.6 Å². The van der Waals surface area contributed by atoms with Gasteiger partial charge in [0.25, 0.3) is 0 Å². The summed E-state index contributed by atoms with van der Waals surface area (Å²) in [5.74, 6) is 1.78. The smallest absolute Gasteiger partial charge is 0.145 e. The van der Waals surface area contributed by atoms with Gasteiger partial charge in [0.1, 0.15) is 31.8 Å². The minimum Gasteiger partial charge on any atom is -0.301 e. The third-order valence-corrected chi connectivity index (χ3v) is 14.3. The first kappa shape index (κ1) is 27.7. The molecule has 1 heterocycles. The van der Waals surface area contributed by atoms with Crippen molar-refractivity contribution in [3.8, 4) is 11.5 Å². The maximum Gasteiger partial charge on any atom is 0.145 e. The highest BCUT2D eigenvalue weighted by atomic mass is 79.9. The lowest BCUT2D eigenvalue weighted by atomic mass is 9.99. The first-order chi connectivity index (χ1) is 16.4. The van der Waals surface area contributed by atoms with Crippen LogP contribution in [0.25, 0.3) is 0 Å². The highest BCUT2D eigenvalue weighted by Gasteiger charge is 2.42. The molecule has 0 saturated heterocycles. The maximum absolute atomic E-state index is 15.0. The molecule has 0 radical (unpaired) electrons. The molecule has 0 aromatic heterocycles. The largest absolute Gasteiger partial charge is 0.301 e. The Labute approximate surface area is 216 Å². The van der Waals surface area contributed by atoms with E-state index < -0.39 is 37.6 Å². The van der Waals surface area contributed by atoms with Crippen molar-refractivity contribution in [1.82, 2.24) is 4.90 Å². The van der Waals surface area contributed by atoms with Gasteiger partial charge in [-0.05, 0) is 52.5 Å². The van der Waals surface area contributed by atoms with Crippen molar-refractivity contribution in [2.24, 2.45) is 0 Å². The number of carbonyl (C=O) groups is 1. The molecule has 1 aliphatic rings. The third kappa shape index (κ3) is 5.30. The van der Waals surface area contributed by atoms with Gasteiger partial charge in [0.05, 0.1) is 12.1 Å². The molecule has 2 nitrogen and oxygen atoms in total. The molecule has 0 fully saturated rings. The number of fused-ring (bicyclic) bond motifs is 1. The van der Waals surface area contributed by atoms with E-state index in [0.29, 0.717) is 32.2 Å². The van der Waals surface area contributed by atoms with Crippen molar-refractivity contribution in [3.05, 3.63) is 68.9 Å². The molecule has 0 amide bonds. The summed E-state index contributed by atoms with van der Waals surface area (Å²) in [6.07, 6.45) is 0.952. The van der Waals surface area contributed by atoms with Gasteiger partial charge in [-0.3, -0.25) is 4.90 Å². The molecular formula is C28H33BrF3NOSi. The molecule has 2 aromatic rings. The molecule has 2 atom stereocenters. The molecule has 0 spiro atoms. The van der Waals surface area contributed by atoms with Crippen LogP contribution in [0, 0.1) is 28.9 Å². The van der Waals surface area contributed by atoms with Crippen LogP contribution in [-0.2, 0) is 11.3 Å². The highest BCUT2D eigenvalue weighted by molar-refractivity contribution is 9.10. The summed E-state index contributed by atoms with van der Waals surface area (Å²) in [4.78, 5) is 14.0. The van der Waals surface area contributed by atoms with Gasteiger partial charge < -0.3 is 4.79 Å². The van der Waals surface area contributed by atoms with E-state index in [-0.39, 0.29) is 18.5 Å². The fourth-order valence-electron chi connectivity index (χ4n) is 5.88. The molecular weight excluding hydrogens is 531 g/mol. The van der Waals surface area contributed by atoms with Gasteiger partial charge in [0.2, 0.25) is 0 Å². The molecule has 0 saturated carbocycles. The number of carbonyl (C=O) groups excluding carboxylic acids is 1. The zero-order chi connectivity index (χ0) is 26.1. The Balaban J connectivity index is 2.11. The van der Waals surface area contributed by atoms with Crippen LogP contribution >= 0.6 is 15.9 Å². The van der Waals surface area contributed by atoms with Gasteiger partial charge in [0.15, 0.2) is 0 Å². The fourth-order valence-corrected chi connectivity index (χ4v) is 11.6. The van der Waals surface area contributed by atoms with Crippen LogP contribution < -0.4 is 0 Å². The van der Waals surface area contributed by atoms with Gasteiger partial charge in [-0.2, -0.15) is 0 Å². The van der Waals surface area contributed by atoms with Crippen LogP contribution in [0.5, 0.6) is 0 Å². The van der Waals surface area contributed by atoms with Crippen LogP contribution in [0.2, 0.25) is 16.6 Å². The third-order valence-electron chi connectivity index (χ3n) is 7.52. The second-order valence-corrected chi connectivity index (χ2v) is 16.8. The zero-order valence-electron chi connectivity index (χ0n) is 21.1. The lowest BCUT2D eigenvalue weighted by Crippen LogP contribution is -2.43. The van der Waals surface area contributed by atoms with E-state index in [0.717, 1.165) is 24.5 Å². The number of nitrogens with zero attached hydrogens (tertiary/aromatic N) is 1. The lowest BCUT2D eigenvalue weighted by molar-refractivity contribution is -0.113. The van der Waals surface area contributed by atoms with Gasteiger partial charge >= 0.3 is 0 Å². The van der Waals surface area contributed by atoms with Crippen LogP contribution in [0.4, 0.5) is 13.2 Å². The second-order valence-electron chi connectivity index (χ2n) is 10.3. The molecule has 188 valence electrons. The summed E-state index contributed by atoms with van der Waals surface area (Å²) >= 11 is 3.30. The quantitative estimate of drug-likeness (QED) is 0.192. The molecule has 35 heavy (non-hydrogen) atoms. The average Bonchev–Trinajstić information content (AvgIpc) is 3.13. The van der Waals surface area contributed by atoms with Crippen LogP contribution in [0.15, 0.2) is 34.8 Å². The summed E-state index contributed by atoms with van der Waals surface area (Å²) < 4.78 is 44.6. The SMILES string of the molecule is CC(C)[Si](C#CCC(c1cc(F)ccc1F)N1Cc2c(F)cc(Br)cc2C1C=O)(C(C)C)C(C)C. The predicted octanol–water partition coefficient (Wildman–Crippen LogP) is 8.27. The van der Waals surface area contributed by atoms with E-state index in [1.54, 1.807) is 11.0 Å². The highest BCUT2D eigenvalue weighted by Crippen LogP contribution is 2.44. The first-order valence-corrected chi connectivity index (χ1v) is 15.1. The number of rotatable bonds is 7. The normalized spacial score (nSPS) is 17.0. The number of benzene rings is 2. The monoisotopic (exact) mass is 563 g/mol. The molecule has 3 rings (SSSR count). The summed E-state index contributed by atoms with van der Waals surface area (Å²) in [7, 11) is -2.05. The Bertz CT molecular complexity index is 1130. The van der Waals surface area contributed by atoms with Crippen molar-refractivity contribution < 1.29 is 18.0 Å². The molecule has 1 aliphatic heterocycles. The van der Waals surface area contributed by atoms with Crippen molar-refractivity contribution in [3.63, 3.8) is 0 Å². The van der Waals surface area contributed by atoms with Crippen LogP contribution in [0.3, 0.4) is 0 Å². The van der Waals surface area contributed by atoms with E-state index in [4.69, 9.17) is 0 Å². The van der Waals surface area contributed by atoms with Crippen molar-refractivity contribution in [2.45, 2.75) is 83.2 Å². The molecule has 2 aromatic carbocycles. The number of aldehydes is 1.